The van der Waals surface area contributed by atoms with E-state index in [1.54, 1.807) is 0 Å². The van der Waals surface area contributed by atoms with Gasteiger partial charge < -0.3 is 5.32 Å². The van der Waals surface area contributed by atoms with E-state index in [2.05, 4.69) is 42.5 Å². The van der Waals surface area contributed by atoms with Crippen LogP contribution in [0.25, 0.3) is 5.69 Å². The van der Waals surface area contributed by atoms with Crippen LogP contribution in [0.5, 0.6) is 0 Å². The highest BCUT2D eigenvalue weighted by Crippen LogP contribution is 2.20. The van der Waals surface area contributed by atoms with Crippen molar-refractivity contribution in [2.24, 2.45) is 0 Å². The maximum atomic E-state index is 6.06. The molecule has 96 valence electrons. The van der Waals surface area contributed by atoms with E-state index in [-0.39, 0.29) is 0 Å². The van der Waals surface area contributed by atoms with E-state index in [4.69, 9.17) is 11.6 Å². The minimum absolute atomic E-state index is 0.700. The summed E-state index contributed by atoms with van der Waals surface area (Å²) >= 11 is 6.06. The van der Waals surface area contributed by atoms with E-state index in [1.165, 1.54) is 11.1 Å². The van der Waals surface area contributed by atoms with Gasteiger partial charge in [-0.25, -0.2) is 4.68 Å². The van der Waals surface area contributed by atoms with Gasteiger partial charge in [0.2, 0.25) is 0 Å². The summed E-state index contributed by atoms with van der Waals surface area (Å²) in [5.41, 5.74) is 4.38. The van der Waals surface area contributed by atoms with Crippen LogP contribution < -0.4 is 5.32 Å². The molecule has 0 amide bonds. The van der Waals surface area contributed by atoms with Crippen LogP contribution in [0, 0.1) is 13.8 Å². The number of rotatable bonds is 4. The molecule has 0 bridgehead atoms. The molecule has 0 fully saturated rings. The molecular weight excluding hydrogens is 246 g/mol. The molecule has 0 radical (unpaired) electrons. The summed E-state index contributed by atoms with van der Waals surface area (Å²) in [4.78, 5) is 0. The number of aromatic nitrogens is 2. The van der Waals surface area contributed by atoms with Gasteiger partial charge in [0, 0.05) is 12.7 Å². The van der Waals surface area contributed by atoms with Gasteiger partial charge >= 0.3 is 0 Å². The Hall–Kier alpha value is -1.32. The Balaban J connectivity index is 2.36. The first kappa shape index (κ1) is 13.1. The van der Waals surface area contributed by atoms with Crippen LogP contribution in [0.15, 0.2) is 24.4 Å². The number of aryl methyl sites for hydroxylation is 2. The molecule has 0 aliphatic rings. The average Bonchev–Trinajstić information content (AvgIpc) is 2.68. The summed E-state index contributed by atoms with van der Waals surface area (Å²) in [7, 11) is 0. The van der Waals surface area contributed by atoms with Crippen molar-refractivity contribution in [3.8, 4) is 5.69 Å². The molecule has 0 aliphatic heterocycles. The summed E-state index contributed by atoms with van der Waals surface area (Å²) in [6, 6.07) is 6.41. The minimum atomic E-state index is 0.700. The Morgan fingerprint density at radius 2 is 2.11 bits per heavy atom. The zero-order chi connectivity index (χ0) is 13.1. The first-order chi connectivity index (χ1) is 8.61. The molecule has 0 unspecified atom stereocenters. The summed E-state index contributed by atoms with van der Waals surface area (Å²) in [6.45, 7) is 7.94. The summed E-state index contributed by atoms with van der Waals surface area (Å²) < 4.78 is 1.85. The largest absolute Gasteiger partial charge is 0.313 e. The van der Waals surface area contributed by atoms with Crippen molar-refractivity contribution in [2.75, 3.05) is 6.54 Å². The lowest BCUT2D eigenvalue weighted by Gasteiger charge is -2.09. The maximum absolute atomic E-state index is 6.06. The van der Waals surface area contributed by atoms with Gasteiger partial charge in [-0.05, 0) is 37.6 Å². The second-order valence-corrected chi connectivity index (χ2v) is 4.82. The number of hydrogen-bond acceptors (Lipinski definition) is 2. The standard InChI is InChI=1S/C14H18ClN3/c1-4-16-8-12-6-5-10(2)14(7-12)18-9-13(15)11(3)17-18/h5-7,9,16H,4,8H2,1-3H3. The highest BCUT2D eigenvalue weighted by atomic mass is 35.5. The van der Waals surface area contributed by atoms with Crippen LogP contribution in [-0.4, -0.2) is 16.3 Å². The van der Waals surface area contributed by atoms with Crippen molar-refractivity contribution in [1.82, 2.24) is 15.1 Å². The molecule has 0 atom stereocenters. The Kier molecular flexibility index (Phi) is 4.04. The Bertz CT molecular complexity index is 526. The van der Waals surface area contributed by atoms with E-state index in [1.807, 2.05) is 17.8 Å². The molecule has 3 nitrogen and oxygen atoms in total. The normalized spacial score (nSPS) is 10.9. The third kappa shape index (κ3) is 2.74. The van der Waals surface area contributed by atoms with Crippen molar-refractivity contribution < 1.29 is 0 Å². The predicted octanol–water partition coefficient (Wildman–Crippen LogP) is 3.25. The van der Waals surface area contributed by atoms with Crippen LogP contribution in [0.3, 0.4) is 0 Å². The highest BCUT2D eigenvalue weighted by molar-refractivity contribution is 6.31. The van der Waals surface area contributed by atoms with E-state index in [0.29, 0.717) is 5.02 Å². The SMILES string of the molecule is CCNCc1ccc(C)c(-n2cc(Cl)c(C)n2)c1. The molecule has 18 heavy (non-hydrogen) atoms. The second-order valence-electron chi connectivity index (χ2n) is 4.41. The van der Waals surface area contributed by atoms with Crippen molar-refractivity contribution >= 4 is 11.6 Å². The van der Waals surface area contributed by atoms with Crippen LogP contribution >= 0.6 is 11.6 Å². The molecule has 0 saturated heterocycles. The van der Waals surface area contributed by atoms with Crippen LogP contribution in [0.4, 0.5) is 0 Å². The average molecular weight is 264 g/mol. The quantitative estimate of drug-likeness (QED) is 0.918. The molecule has 2 aromatic rings. The van der Waals surface area contributed by atoms with Gasteiger partial charge in [-0.3, -0.25) is 0 Å². The fourth-order valence-corrected chi connectivity index (χ4v) is 1.97. The Morgan fingerprint density at radius 1 is 1.33 bits per heavy atom. The zero-order valence-electron chi connectivity index (χ0n) is 11.0. The smallest absolute Gasteiger partial charge is 0.0819 e. The van der Waals surface area contributed by atoms with Crippen LogP contribution in [0.1, 0.15) is 23.7 Å². The molecule has 4 heteroatoms. The molecule has 1 heterocycles. The van der Waals surface area contributed by atoms with Crippen molar-refractivity contribution in [3.63, 3.8) is 0 Å². The lowest BCUT2D eigenvalue weighted by molar-refractivity contribution is 0.725. The Morgan fingerprint density at radius 3 is 2.72 bits per heavy atom. The van der Waals surface area contributed by atoms with Crippen LogP contribution in [-0.2, 0) is 6.54 Å². The molecular formula is C14H18ClN3. The molecule has 1 aromatic carbocycles. The van der Waals surface area contributed by atoms with E-state index in [0.717, 1.165) is 24.5 Å². The van der Waals surface area contributed by atoms with Gasteiger partial charge in [-0.15, -0.1) is 0 Å². The summed E-state index contributed by atoms with van der Waals surface area (Å²) in [5, 5.41) is 8.45. The molecule has 0 spiro atoms. The molecule has 0 aliphatic carbocycles. The molecule has 2 rings (SSSR count). The topological polar surface area (TPSA) is 29.9 Å². The predicted molar refractivity (Wildman–Crippen MR) is 75.4 cm³/mol. The van der Waals surface area contributed by atoms with Gasteiger partial charge in [0.05, 0.1) is 16.4 Å². The van der Waals surface area contributed by atoms with Crippen molar-refractivity contribution in [1.29, 1.82) is 0 Å². The molecule has 0 saturated carbocycles. The lowest BCUT2D eigenvalue weighted by atomic mass is 10.1. The maximum Gasteiger partial charge on any atom is 0.0819 e. The van der Waals surface area contributed by atoms with Gasteiger partial charge in [0.25, 0.3) is 0 Å². The lowest BCUT2D eigenvalue weighted by Crippen LogP contribution is -2.12. The second kappa shape index (κ2) is 5.55. The first-order valence-electron chi connectivity index (χ1n) is 6.14. The minimum Gasteiger partial charge on any atom is -0.313 e. The summed E-state index contributed by atoms with van der Waals surface area (Å²) in [6.07, 6.45) is 1.86. The number of nitrogens with one attached hydrogen (secondary N) is 1. The monoisotopic (exact) mass is 263 g/mol. The highest BCUT2D eigenvalue weighted by Gasteiger charge is 2.07. The van der Waals surface area contributed by atoms with Crippen molar-refractivity contribution in [3.05, 3.63) is 46.2 Å². The molecule has 1 aromatic heterocycles. The van der Waals surface area contributed by atoms with Crippen molar-refractivity contribution in [2.45, 2.75) is 27.3 Å². The van der Waals surface area contributed by atoms with Gasteiger partial charge in [0.1, 0.15) is 0 Å². The number of hydrogen-bond donors (Lipinski definition) is 1. The van der Waals surface area contributed by atoms with E-state index in [9.17, 15) is 0 Å². The fourth-order valence-electron chi connectivity index (χ4n) is 1.84. The third-order valence-electron chi connectivity index (χ3n) is 2.94. The number of nitrogens with zero attached hydrogens (tertiary/aromatic N) is 2. The number of benzene rings is 1. The number of halogens is 1. The van der Waals surface area contributed by atoms with Gasteiger partial charge in [-0.2, -0.15) is 5.10 Å². The van der Waals surface area contributed by atoms with Gasteiger partial charge in [-0.1, -0.05) is 30.7 Å². The third-order valence-corrected chi connectivity index (χ3v) is 3.31. The fraction of sp³-hybridized carbons (Fsp3) is 0.357. The zero-order valence-corrected chi connectivity index (χ0v) is 11.8. The summed E-state index contributed by atoms with van der Waals surface area (Å²) in [5.74, 6) is 0. The van der Waals surface area contributed by atoms with Crippen LogP contribution in [0.2, 0.25) is 5.02 Å². The van der Waals surface area contributed by atoms with Gasteiger partial charge in [0.15, 0.2) is 0 Å². The Labute approximate surface area is 113 Å². The first-order valence-corrected chi connectivity index (χ1v) is 6.52. The van der Waals surface area contributed by atoms with E-state index >= 15 is 0 Å². The van der Waals surface area contributed by atoms with E-state index < -0.39 is 0 Å². The molecule has 1 N–H and O–H groups in total.